The Hall–Kier alpha value is -2.65. The van der Waals surface area contributed by atoms with Crippen molar-refractivity contribution in [2.45, 2.75) is 33.0 Å². The Morgan fingerprint density at radius 2 is 1.84 bits per heavy atom. The van der Waals surface area contributed by atoms with Crippen LogP contribution in [0.3, 0.4) is 0 Å². The van der Waals surface area contributed by atoms with E-state index in [-0.39, 0.29) is 17.9 Å². The maximum Gasteiger partial charge on any atom is 0.245 e. The largest absolute Gasteiger partial charge is 0.372 e. The van der Waals surface area contributed by atoms with Gasteiger partial charge in [0.1, 0.15) is 12.4 Å². The van der Waals surface area contributed by atoms with Crippen molar-refractivity contribution in [3.05, 3.63) is 53.8 Å². The first-order chi connectivity index (χ1) is 14.5. The van der Waals surface area contributed by atoms with E-state index in [2.05, 4.69) is 5.32 Å². The zero-order valence-electron chi connectivity index (χ0n) is 18.1. The van der Waals surface area contributed by atoms with Crippen LogP contribution in [0.1, 0.15) is 19.4 Å². The molecule has 0 bridgehead atoms. The average Bonchev–Trinajstić information content (AvgIpc) is 2.65. The van der Waals surface area contributed by atoms with E-state index in [4.69, 9.17) is 4.74 Å². The Kier molecular flexibility index (Phi) is 6.86. The minimum atomic E-state index is -3.69. The van der Waals surface area contributed by atoms with Gasteiger partial charge >= 0.3 is 0 Å². The van der Waals surface area contributed by atoms with Crippen LogP contribution in [0.4, 0.5) is 21.5 Å². The number of ether oxygens (including phenoxy) is 1. The van der Waals surface area contributed by atoms with Gasteiger partial charge in [0.15, 0.2) is 0 Å². The molecule has 9 heteroatoms. The number of sulfonamides is 1. The minimum absolute atomic E-state index is 0.00838. The first-order valence-corrected chi connectivity index (χ1v) is 11.9. The maximum atomic E-state index is 14.8. The van der Waals surface area contributed by atoms with E-state index in [0.717, 1.165) is 16.1 Å². The van der Waals surface area contributed by atoms with Gasteiger partial charge in [-0.1, -0.05) is 18.2 Å². The smallest absolute Gasteiger partial charge is 0.245 e. The van der Waals surface area contributed by atoms with E-state index in [1.54, 1.807) is 43.3 Å². The third-order valence-corrected chi connectivity index (χ3v) is 6.19. The number of para-hydroxylation sites is 1. The summed E-state index contributed by atoms with van der Waals surface area (Å²) in [6, 6.07) is 11.4. The lowest BCUT2D eigenvalue weighted by atomic mass is 10.2. The van der Waals surface area contributed by atoms with Gasteiger partial charge in [-0.2, -0.15) is 0 Å². The number of hydrogen-bond acceptors (Lipinski definition) is 5. The van der Waals surface area contributed by atoms with Crippen molar-refractivity contribution in [3.8, 4) is 0 Å². The Balaban J connectivity index is 1.74. The standard InChI is InChI=1S/C22H28FN3O4S/c1-15-7-5-6-8-20(15)26(31(4,28)29)14-22(27)24-18-9-10-21(19(23)11-18)25-12-16(2)30-17(3)13-25/h5-11,16-17H,12-14H2,1-4H3,(H,24,27). The van der Waals surface area contributed by atoms with Gasteiger partial charge in [0, 0.05) is 18.8 Å². The summed E-state index contributed by atoms with van der Waals surface area (Å²) in [7, 11) is -3.69. The van der Waals surface area contributed by atoms with Gasteiger partial charge in [0.25, 0.3) is 0 Å². The SMILES string of the molecule is Cc1ccccc1N(CC(=O)Nc1ccc(N2CC(C)OC(C)C2)c(F)c1)S(C)(=O)=O. The summed E-state index contributed by atoms with van der Waals surface area (Å²) in [6.45, 7) is 6.39. The van der Waals surface area contributed by atoms with Crippen LogP contribution < -0.4 is 14.5 Å². The first kappa shape index (κ1) is 23.0. The molecule has 0 saturated carbocycles. The number of hydrogen-bond donors (Lipinski definition) is 1. The third-order valence-electron chi connectivity index (χ3n) is 5.06. The summed E-state index contributed by atoms with van der Waals surface area (Å²) < 4.78 is 46.0. The molecule has 0 aliphatic carbocycles. The topological polar surface area (TPSA) is 79.0 Å². The number of carbonyl (C=O) groups excluding carboxylic acids is 1. The second-order valence-electron chi connectivity index (χ2n) is 7.93. The van der Waals surface area contributed by atoms with Crippen molar-refractivity contribution in [1.29, 1.82) is 0 Å². The number of anilines is 3. The molecule has 0 aromatic heterocycles. The first-order valence-electron chi connectivity index (χ1n) is 10.1. The normalized spacial score (nSPS) is 19.2. The Labute approximate surface area is 182 Å². The molecule has 0 spiro atoms. The molecule has 2 aromatic carbocycles. The molecule has 2 aromatic rings. The van der Waals surface area contributed by atoms with Gasteiger partial charge < -0.3 is 15.0 Å². The summed E-state index contributed by atoms with van der Waals surface area (Å²) >= 11 is 0. The highest BCUT2D eigenvalue weighted by atomic mass is 32.2. The van der Waals surface area contributed by atoms with Crippen molar-refractivity contribution in [1.82, 2.24) is 0 Å². The molecule has 1 heterocycles. The van der Waals surface area contributed by atoms with Gasteiger partial charge in [0.05, 0.1) is 29.8 Å². The van der Waals surface area contributed by atoms with Crippen LogP contribution in [-0.2, 0) is 19.6 Å². The van der Waals surface area contributed by atoms with E-state index < -0.39 is 28.3 Å². The number of morpholine rings is 1. The molecular weight excluding hydrogens is 421 g/mol. The number of halogens is 1. The summed E-state index contributed by atoms with van der Waals surface area (Å²) in [4.78, 5) is 14.5. The predicted octanol–water partition coefficient (Wildman–Crippen LogP) is 3.15. The van der Waals surface area contributed by atoms with Crippen LogP contribution in [0.2, 0.25) is 0 Å². The monoisotopic (exact) mass is 449 g/mol. The van der Waals surface area contributed by atoms with E-state index in [9.17, 15) is 17.6 Å². The average molecular weight is 450 g/mol. The fourth-order valence-corrected chi connectivity index (χ4v) is 4.68. The molecule has 3 rings (SSSR count). The Morgan fingerprint density at radius 3 is 2.42 bits per heavy atom. The molecule has 1 fully saturated rings. The van der Waals surface area contributed by atoms with Crippen LogP contribution in [0, 0.1) is 12.7 Å². The van der Waals surface area contributed by atoms with E-state index >= 15 is 0 Å². The fraction of sp³-hybridized carbons (Fsp3) is 0.409. The summed E-state index contributed by atoms with van der Waals surface area (Å²) in [5.74, 6) is -1.02. The molecule has 7 nitrogen and oxygen atoms in total. The zero-order valence-corrected chi connectivity index (χ0v) is 18.9. The summed E-state index contributed by atoms with van der Waals surface area (Å²) in [6.07, 6.45) is 1.03. The van der Waals surface area contributed by atoms with Gasteiger partial charge in [-0.05, 0) is 50.6 Å². The predicted molar refractivity (Wildman–Crippen MR) is 121 cm³/mol. The van der Waals surface area contributed by atoms with E-state index in [0.29, 0.717) is 24.5 Å². The van der Waals surface area contributed by atoms with Crippen LogP contribution in [-0.4, -0.2) is 52.4 Å². The molecule has 168 valence electrons. The van der Waals surface area contributed by atoms with Crippen LogP contribution in [0.25, 0.3) is 0 Å². The number of benzene rings is 2. The highest BCUT2D eigenvalue weighted by molar-refractivity contribution is 7.92. The highest BCUT2D eigenvalue weighted by Gasteiger charge is 2.25. The van der Waals surface area contributed by atoms with Gasteiger partial charge in [0.2, 0.25) is 15.9 Å². The molecule has 1 aliphatic rings. The molecule has 1 N–H and O–H groups in total. The fourth-order valence-electron chi connectivity index (χ4n) is 3.77. The quantitative estimate of drug-likeness (QED) is 0.733. The van der Waals surface area contributed by atoms with Crippen molar-refractivity contribution in [2.75, 3.05) is 40.4 Å². The van der Waals surface area contributed by atoms with Crippen molar-refractivity contribution >= 4 is 33.0 Å². The molecule has 1 aliphatic heterocycles. The highest BCUT2D eigenvalue weighted by Crippen LogP contribution is 2.26. The van der Waals surface area contributed by atoms with Crippen molar-refractivity contribution in [3.63, 3.8) is 0 Å². The third kappa shape index (κ3) is 5.74. The lowest BCUT2D eigenvalue weighted by Crippen LogP contribution is -2.45. The number of aryl methyl sites for hydroxylation is 1. The molecule has 1 saturated heterocycles. The second-order valence-corrected chi connectivity index (χ2v) is 9.84. The number of nitrogens with zero attached hydrogens (tertiary/aromatic N) is 2. The van der Waals surface area contributed by atoms with Crippen LogP contribution in [0.15, 0.2) is 42.5 Å². The number of nitrogens with one attached hydrogen (secondary N) is 1. The molecule has 2 atom stereocenters. The number of carbonyl (C=O) groups is 1. The summed E-state index contributed by atoms with van der Waals surface area (Å²) in [5.41, 5.74) is 1.86. The zero-order chi connectivity index (χ0) is 22.8. The summed E-state index contributed by atoms with van der Waals surface area (Å²) in [5, 5.41) is 2.59. The number of rotatable bonds is 6. The second kappa shape index (κ2) is 9.23. The van der Waals surface area contributed by atoms with Crippen LogP contribution in [0.5, 0.6) is 0 Å². The Morgan fingerprint density at radius 1 is 1.19 bits per heavy atom. The van der Waals surface area contributed by atoms with E-state index in [1.807, 2.05) is 18.7 Å². The Bertz CT molecular complexity index is 1050. The lowest BCUT2D eigenvalue weighted by molar-refractivity contribution is -0.114. The van der Waals surface area contributed by atoms with Gasteiger partial charge in [-0.25, -0.2) is 12.8 Å². The number of amides is 1. The van der Waals surface area contributed by atoms with Gasteiger partial charge in [-0.3, -0.25) is 9.10 Å². The van der Waals surface area contributed by atoms with Crippen molar-refractivity contribution in [2.24, 2.45) is 0 Å². The van der Waals surface area contributed by atoms with Crippen LogP contribution >= 0.6 is 0 Å². The lowest BCUT2D eigenvalue weighted by Gasteiger charge is -2.37. The van der Waals surface area contributed by atoms with Crippen molar-refractivity contribution < 1.29 is 22.3 Å². The van der Waals surface area contributed by atoms with Gasteiger partial charge in [-0.15, -0.1) is 0 Å². The van der Waals surface area contributed by atoms with E-state index in [1.165, 1.54) is 6.07 Å². The molecule has 2 unspecified atom stereocenters. The maximum absolute atomic E-state index is 14.8. The minimum Gasteiger partial charge on any atom is -0.372 e. The molecule has 1 amide bonds. The molecule has 0 radical (unpaired) electrons. The molecular formula is C22H28FN3O4S. The molecule has 31 heavy (non-hydrogen) atoms.